The Morgan fingerprint density at radius 2 is 2.03 bits per heavy atom. The van der Waals surface area contributed by atoms with Gasteiger partial charge in [0.05, 0.1) is 30.6 Å². The van der Waals surface area contributed by atoms with E-state index in [2.05, 4.69) is 20.5 Å². The molecule has 1 aromatic carbocycles. The summed E-state index contributed by atoms with van der Waals surface area (Å²) in [4.78, 5) is 17.0. The Bertz CT molecular complexity index is 1390. The van der Waals surface area contributed by atoms with E-state index in [4.69, 9.17) is 4.74 Å². The molecule has 0 radical (unpaired) electrons. The monoisotopic (exact) mass is 488 g/mol. The summed E-state index contributed by atoms with van der Waals surface area (Å²) >= 11 is 0. The van der Waals surface area contributed by atoms with E-state index in [0.29, 0.717) is 11.3 Å². The number of hydrogen-bond acceptors (Lipinski definition) is 6. The Kier molecular flexibility index (Phi) is 5.83. The highest BCUT2D eigenvalue weighted by atomic mass is 19.4. The van der Waals surface area contributed by atoms with Crippen molar-refractivity contribution in [3.05, 3.63) is 48.0 Å². The molecule has 0 unspecified atom stereocenters. The summed E-state index contributed by atoms with van der Waals surface area (Å²) < 4.78 is 49.2. The van der Waals surface area contributed by atoms with E-state index >= 15 is 0 Å². The second kappa shape index (κ2) is 8.84. The Morgan fingerprint density at radius 1 is 1.26 bits per heavy atom. The third-order valence-electron chi connectivity index (χ3n) is 6.48. The zero-order valence-electron chi connectivity index (χ0n) is 18.8. The van der Waals surface area contributed by atoms with Crippen LogP contribution in [0.15, 0.2) is 36.8 Å². The van der Waals surface area contributed by atoms with Gasteiger partial charge >= 0.3 is 6.18 Å². The third-order valence-corrected chi connectivity index (χ3v) is 6.48. The lowest BCUT2D eigenvalue weighted by Crippen LogP contribution is -2.21. The van der Waals surface area contributed by atoms with Crippen LogP contribution in [0.1, 0.15) is 47.8 Å². The first-order valence-corrected chi connectivity index (χ1v) is 11.2. The third kappa shape index (κ3) is 4.18. The smallest absolute Gasteiger partial charge is 0.436 e. The first-order chi connectivity index (χ1) is 16.8. The summed E-state index contributed by atoms with van der Waals surface area (Å²) in [6, 6.07) is 4.93. The molecule has 2 N–H and O–H groups in total. The van der Waals surface area contributed by atoms with Gasteiger partial charge in [-0.25, -0.2) is 9.50 Å². The van der Waals surface area contributed by atoms with Gasteiger partial charge in [0, 0.05) is 30.5 Å². The van der Waals surface area contributed by atoms with Crippen LogP contribution in [0.5, 0.6) is 5.75 Å². The van der Waals surface area contributed by atoms with Crippen molar-refractivity contribution in [1.82, 2.24) is 24.4 Å². The van der Waals surface area contributed by atoms with Gasteiger partial charge in [0.25, 0.3) is 5.91 Å². The first kappa shape index (κ1) is 23.1. The van der Waals surface area contributed by atoms with Crippen LogP contribution in [0, 0.1) is 5.92 Å². The molecule has 3 aromatic heterocycles. The average molecular weight is 488 g/mol. The summed E-state index contributed by atoms with van der Waals surface area (Å²) in [5, 5.41) is 20.7. The molecule has 0 saturated heterocycles. The van der Waals surface area contributed by atoms with Gasteiger partial charge in [0.2, 0.25) is 0 Å². The van der Waals surface area contributed by atoms with E-state index < -0.39 is 23.3 Å². The van der Waals surface area contributed by atoms with Crippen molar-refractivity contribution < 1.29 is 27.8 Å². The number of carbonyl (C=O) groups excluding carboxylic acids is 1. The molecular formula is C23H23F3N6O3. The number of nitrogens with zero attached hydrogens (tertiary/aromatic N) is 5. The summed E-state index contributed by atoms with van der Waals surface area (Å²) in [6.45, 7) is 0.182. The number of methoxy groups -OCH3 is 1. The van der Waals surface area contributed by atoms with Crippen LogP contribution in [0.2, 0.25) is 0 Å². The zero-order valence-corrected chi connectivity index (χ0v) is 18.8. The van der Waals surface area contributed by atoms with Gasteiger partial charge in [-0.3, -0.25) is 9.48 Å². The van der Waals surface area contributed by atoms with Crippen molar-refractivity contribution in [3.63, 3.8) is 0 Å². The molecule has 12 heteroatoms. The number of carbonyl (C=O) groups is 1. The van der Waals surface area contributed by atoms with Gasteiger partial charge in [-0.05, 0) is 43.7 Å². The van der Waals surface area contributed by atoms with E-state index in [0.717, 1.165) is 35.7 Å². The molecule has 0 spiro atoms. The van der Waals surface area contributed by atoms with Crippen molar-refractivity contribution in [3.8, 4) is 5.75 Å². The molecule has 1 aliphatic rings. The number of anilines is 1. The number of rotatable bonds is 5. The van der Waals surface area contributed by atoms with Crippen LogP contribution in [0.3, 0.4) is 0 Å². The standard InChI is InChI=1S/C23H23F3N6O3/c1-35-18-10-17-14(11-28-32(17)15-5-3-13(12-33)4-6-15)9-16(18)29-22(34)19-20(23(24,25)26)30-31-8-2-7-27-21(19)31/h2,7-11,13,15,33H,3-6,12H2,1H3,(H,29,34). The number of aliphatic hydroxyl groups excluding tert-OH is 1. The van der Waals surface area contributed by atoms with E-state index in [-0.39, 0.29) is 29.7 Å². The Labute approximate surface area is 197 Å². The number of hydrogen-bond donors (Lipinski definition) is 2. The number of aromatic nitrogens is 5. The van der Waals surface area contributed by atoms with Crippen LogP contribution in [-0.2, 0) is 6.18 Å². The quantitative estimate of drug-likeness (QED) is 0.439. The second-order valence-electron chi connectivity index (χ2n) is 8.62. The first-order valence-electron chi connectivity index (χ1n) is 11.2. The van der Waals surface area contributed by atoms with Gasteiger partial charge < -0.3 is 15.2 Å². The maximum atomic E-state index is 13.6. The van der Waals surface area contributed by atoms with Crippen LogP contribution >= 0.6 is 0 Å². The largest absolute Gasteiger partial charge is 0.494 e. The van der Waals surface area contributed by atoms with E-state index in [1.165, 1.54) is 25.6 Å². The highest BCUT2D eigenvalue weighted by Gasteiger charge is 2.41. The molecule has 0 atom stereocenters. The minimum absolute atomic E-state index is 0.166. The van der Waals surface area contributed by atoms with E-state index in [9.17, 15) is 23.1 Å². The fourth-order valence-corrected chi connectivity index (χ4v) is 4.68. The normalized spacial score (nSPS) is 18.8. The number of fused-ring (bicyclic) bond motifs is 2. The number of halogens is 3. The fourth-order valence-electron chi connectivity index (χ4n) is 4.68. The molecule has 1 aliphatic carbocycles. The molecule has 3 heterocycles. The Balaban J connectivity index is 1.49. The molecule has 0 bridgehead atoms. The predicted molar refractivity (Wildman–Crippen MR) is 120 cm³/mol. The van der Waals surface area contributed by atoms with Gasteiger partial charge in [-0.2, -0.15) is 23.4 Å². The van der Waals surface area contributed by atoms with E-state index in [1.807, 2.05) is 4.68 Å². The number of ether oxygens (including phenoxy) is 1. The lowest BCUT2D eigenvalue weighted by atomic mass is 9.86. The molecule has 35 heavy (non-hydrogen) atoms. The number of amides is 1. The van der Waals surface area contributed by atoms with Crippen molar-refractivity contribution in [2.75, 3.05) is 19.0 Å². The molecule has 1 saturated carbocycles. The molecule has 9 nitrogen and oxygen atoms in total. The molecule has 1 fully saturated rings. The molecule has 1 amide bonds. The molecule has 4 aromatic rings. The van der Waals surface area contributed by atoms with Gasteiger partial charge in [0.15, 0.2) is 11.3 Å². The maximum absolute atomic E-state index is 13.6. The number of alkyl halides is 3. The number of nitrogens with one attached hydrogen (secondary N) is 1. The molecule has 184 valence electrons. The average Bonchev–Trinajstić information content (AvgIpc) is 3.45. The van der Waals surface area contributed by atoms with E-state index in [1.54, 1.807) is 18.3 Å². The van der Waals surface area contributed by atoms with Crippen molar-refractivity contribution in [2.45, 2.75) is 37.9 Å². The van der Waals surface area contributed by atoms with Crippen LogP contribution in [0.25, 0.3) is 16.6 Å². The highest BCUT2D eigenvalue weighted by Crippen LogP contribution is 2.37. The van der Waals surface area contributed by atoms with Crippen molar-refractivity contribution in [2.24, 2.45) is 5.92 Å². The van der Waals surface area contributed by atoms with Crippen LogP contribution < -0.4 is 10.1 Å². The second-order valence-corrected chi connectivity index (χ2v) is 8.62. The Hall–Kier alpha value is -3.67. The van der Waals surface area contributed by atoms with Gasteiger partial charge in [-0.15, -0.1) is 0 Å². The summed E-state index contributed by atoms with van der Waals surface area (Å²) in [5.41, 5.74) is -1.20. The SMILES string of the molecule is COc1cc2c(cnn2C2CCC(CO)CC2)cc1NC(=O)c1c(C(F)(F)F)nn2cccnc12. The summed E-state index contributed by atoms with van der Waals surface area (Å²) in [7, 11) is 1.42. The Morgan fingerprint density at radius 3 is 2.71 bits per heavy atom. The summed E-state index contributed by atoms with van der Waals surface area (Å²) in [5.74, 6) is -0.409. The lowest BCUT2D eigenvalue weighted by molar-refractivity contribution is -0.141. The zero-order chi connectivity index (χ0) is 24.7. The lowest BCUT2D eigenvalue weighted by Gasteiger charge is -2.28. The fraction of sp³-hybridized carbons (Fsp3) is 0.391. The van der Waals surface area contributed by atoms with Gasteiger partial charge in [-0.1, -0.05) is 0 Å². The summed E-state index contributed by atoms with van der Waals surface area (Å²) in [6.07, 6.45) is 2.97. The highest BCUT2D eigenvalue weighted by molar-refractivity contribution is 6.10. The minimum Gasteiger partial charge on any atom is -0.494 e. The number of aliphatic hydroxyl groups is 1. The molecule has 0 aliphatic heterocycles. The van der Waals surface area contributed by atoms with Crippen molar-refractivity contribution >= 4 is 28.1 Å². The topological polar surface area (TPSA) is 107 Å². The number of benzene rings is 1. The minimum atomic E-state index is -4.84. The maximum Gasteiger partial charge on any atom is 0.436 e. The van der Waals surface area contributed by atoms with Gasteiger partial charge in [0.1, 0.15) is 11.3 Å². The van der Waals surface area contributed by atoms with Crippen LogP contribution in [-0.4, -0.2) is 49.1 Å². The molecular weight excluding hydrogens is 465 g/mol. The van der Waals surface area contributed by atoms with Crippen LogP contribution in [0.4, 0.5) is 18.9 Å². The van der Waals surface area contributed by atoms with Crippen molar-refractivity contribution in [1.29, 1.82) is 0 Å². The molecule has 5 rings (SSSR count). The predicted octanol–water partition coefficient (Wildman–Crippen LogP) is 4.08.